The summed E-state index contributed by atoms with van der Waals surface area (Å²) in [6.45, 7) is 0. The summed E-state index contributed by atoms with van der Waals surface area (Å²) >= 11 is 3.20. The zero-order valence-corrected chi connectivity index (χ0v) is 8.04. The average Bonchev–Trinajstić information content (AvgIpc) is 2.12. The van der Waals surface area contributed by atoms with Crippen LogP contribution in [-0.4, -0.2) is 16.6 Å². The van der Waals surface area contributed by atoms with Crippen molar-refractivity contribution < 1.29 is 9.59 Å². The number of carbonyl (C=O) groups excluding carboxylic acids is 2. The molecule has 0 fully saturated rings. The number of hydrogen-bond acceptors (Lipinski definition) is 3. The van der Waals surface area contributed by atoms with E-state index < -0.39 is 0 Å². The molecule has 0 unspecified atom stereocenters. The van der Waals surface area contributed by atoms with Crippen LogP contribution < -0.4 is 0 Å². The second kappa shape index (κ2) is 2.88. The van der Waals surface area contributed by atoms with Gasteiger partial charge in [-0.1, -0.05) is 0 Å². The van der Waals surface area contributed by atoms with Gasteiger partial charge in [-0.2, -0.15) is 0 Å². The lowest BCUT2D eigenvalue weighted by molar-refractivity contribution is 0.0990. The molecule has 0 atom stereocenters. The molecule has 0 saturated heterocycles. The van der Waals surface area contributed by atoms with E-state index in [2.05, 4.69) is 20.9 Å². The number of ketones is 2. The third-order valence-corrected chi connectivity index (χ3v) is 2.43. The lowest BCUT2D eigenvalue weighted by Crippen LogP contribution is -2.13. The maximum atomic E-state index is 11.3. The monoisotopic (exact) mass is 237 g/mol. The molecule has 0 bridgehead atoms. The highest BCUT2D eigenvalue weighted by atomic mass is 79.9. The second-order valence-electron chi connectivity index (χ2n) is 2.58. The summed E-state index contributed by atoms with van der Waals surface area (Å²) in [7, 11) is 0. The summed E-state index contributed by atoms with van der Waals surface area (Å²) in [5.74, 6) is -0.412. The molecule has 0 aliphatic heterocycles. The van der Waals surface area contributed by atoms with Gasteiger partial charge in [-0.05, 0) is 34.1 Å². The van der Waals surface area contributed by atoms with Crippen molar-refractivity contribution in [3.8, 4) is 0 Å². The van der Waals surface area contributed by atoms with Crippen LogP contribution in [0, 0.1) is 0 Å². The Morgan fingerprint density at radius 3 is 2.54 bits per heavy atom. The first-order valence-electron chi connectivity index (χ1n) is 3.61. The minimum Gasteiger partial charge on any atom is -0.289 e. The Morgan fingerprint density at radius 2 is 1.85 bits per heavy atom. The molecule has 0 aromatic carbocycles. The van der Waals surface area contributed by atoms with E-state index in [9.17, 15) is 9.59 Å². The van der Waals surface area contributed by atoms with Crippen LogP contribution in [0.4, 0.5) is 0 Å². The van der Waals surface area contributed by atoms with Gasteiger partial charge in [0.25, 0.3) is 0 Å². The number of hydrogen-bond donors (Lipinski definition) is 0. The number of aromatic nitrogens is 1. The lowest BCUT2D eigenvalue weighted by Gasteiger charge is -2.08. The minimum atomic E-state index is -0.226. The van der Waals surface area contributed by atoms with E-state index in [-0.39, 0.29) is 17.3 Å². The van der Waals surface area contributed by atoms with E-state index >= 15 is 0 Å². The first-order chi connectivity index (χ1) is 6.20. The highest BCUT2D eigenvalue weighted by Gasteiger charge is 2.22. The second-order valence-corrected chi connectivity index (χ2v) is 3.43. The Labute approximate surface area is 82.6 Å². The van der Waals surface area contributed by atoms with Crippen molar-refractivity contribution in [1.29, 1.82) is 0 Å². The number of pyridine rings is 1. The van der Waals surface area contributed by atoms with E-state index in [0.717, 1.165) is 0 Å². The van der Waals surface area contributed by atoms with Crippen LogP contribution >= 0.6 is 15.9 Å². The fourth-order valence-electron chi connectivity index (χ4n) is 1.17. The minimum absolute atomic E-state index is 0.186. The standard InChI is InChI=1S/C9H4BrNO2/c10-5-3-4-11-9-7(13)2-1-6(12)8(5)9/h1-4H. The maximum absolute atomic E-state index is 11.3. The third-order valence-electron chi connectivity index (χ3n) is 1.77. The molecule has 1 aliphatic rings. The van der Waals surface area contributed by atoms with Gasteiger partial charge in [-0.3, -0.25) is 14.6 Å². The molecule has 1 aliphatic carbocycles. The number of rotatable bonds is 0. The van der Waals surface area contributed by atoms with E-state index in [1.54, 1.807) is 6.07 Å². The molecule has 1 heterocycles. The molecule has 13 heavy (non-hydrogen) atoms. The molecular formula is C9H4BrNO2. The Bertz CT molecular complexity index is 437. The van der Waals surface area contributed by atoms with Crippen LogP contribution in [0.3, 0.4) is 0 Å². The van der Waals surface area contributed by atoms with Gasteiger partial charge in [-0.15, -0.1) is 0 Å². The Kier molecular flexibility index (Phi) is 1.84. The smallest absolute Gasteiger partial charge is 0.205 e. The van der Waals surface area contributed by atoms with Crippen molar-refractivity contribution in [2.75, 3.05) is 0 Å². The quantitative estimate of drug-likeness (QED) is 0.692. The van der Waals surface area contributed by atoms with Crippen LogP contribution in [0.15, 0.2) is 28.9 Å². The molecule has 0 N–H and O–H groups in total. The van der Waals surface area contributed by atoms with Crippen LogP contribution in [0.1, 0.15) is 20.8 Å². The molecule has 1 aromatic rings. The SMILES string of the molecule is O=C1C=CC(=O)c2c(Br)ccnc21. The summed E-state index contributed by atoms with van der Waals surface area (Å²) in [4.78, 5) is 26.5. The van der Waals surface area contributed by atoms with Gasteiger partial charge >= 0.3 is 0 Å². The molecule has 0 spiro atoms. The van der Waals surface area contributed by atoms with Gasteiger partial charge in [0.1, 0.15) is 5.69 Å². The zero-order chi connectivity index (χ0) is 9.42. The molecular weight excluding hydrogens is 234 g/mol. The van der Waals surface area contributed by atoms with Gasteiger partial charge in [0.2, 0.25) is 5.78 Å². The fourth-order valence-corrected chi connectivity index (χ4v) is 1.67. The molecule has 2 rings (SSSR count). The van der Waals surface area contributed by atoms with Gasteiger partial charge in [0.15, 0.2) is 5.78 Å². The largest absolute Gasteiger partial charge is 0.289 e. The highest BCUT2D eigenvalue weighted by molar-refractivity contribution is 9.10. The Hall–Kier alpha value is -1.29. The molecule has 0 radical (unpaired) electrons. The number of fused-ring (bicyclic) bond motifs is 1. The van der Waals surface area contributed by atoms with Crippen molar-refractivity contribution in [3.63, 3.8) is 0 Å². The van der Waals surface area contributed by atoms with Crippen LogP contribution in [-0.2, 0) is 0 Å². The third kappa shape index (κ3) is 1.23. The van der Waals surface area contributed by atoms with Crippen molar-refractivity contribution >= 4 is 27.5 Å². The molecule has 64 valence electrons. The molecule has 0 saturated carbocycles. The average molecular weight is 238 g/mol. The highest BCUT2D eigenvalue weighted by Crippen LogP contribution is 2.22. The topological polar surface area (TPSA) is 47.0 Å². The molecule has 0 amide bonds. The lowest BCUT2D eigenvalue weighted by atomic mass is 10.0. The van der Waals surface area contributed by atoms with Crippen molar-refractivity contribution in [2.45, 2.75) is 0 Å². The van der Waals surface area contributed by atoms with Gasteiger partial charge in [0.05, 0.1) is 5.56 Å². The molecule has 3 nitrogen and oxygen atoms in total. The van der Waals surface area contributed by atoms with Gasteiger partial charge in [0, 0.05) is 10.7 Å². The zero-order valence-electron chi connectivity index (χ0n) is 6.45. The predicted octanol–water partition coefficient (Wildman–Crippen LogP) is 1.78. The van der Waals surface area contributed by atoms with E-state index in [0.29, 0.717) is 10.0 Å². The van der Waals surface area contributed by atoms with Crippen molar-refractivity contribution in [2.24, 2.45) is 0 Å². The van der Waals surface area contributed by atoms with Crippen molar-refractivity contribution in [1.82, 2.24) is 4.98 Å². The fraction of sp³-hybridized carbons (Fsp3) is 0. The van der Waals surface area contributed by atoms with Gasteiger partial charge in [-0.25, -0.2) is 0 Å². The summed E-state index contributed by atoms with van der Waals surface area (Å²) in [6.07, 6.45) is 3.99. The predicted molar refractivity (Wildman–Crippen MR) is 49.7 cm³/mol. The van der Waals surface area contributed by atoms with Crippen LogP contribution in [0.5, 0.6) is 0 Å². The maximum Gasteiger partial charge on any atom is 0.205 e. The molecule has 1 aromatic heterocycles. The molecule has 4 heteroatoms. The summed E-state index contributed by atoms with van der Waals surface area (Å²) in [5.41, 5.74) is 0.580. The number of halogens is 1. The van der Waals surface area contributed by atoms with Crippen LogP contribution in [0.2, 0.25) is 0 Å². The number of allylic oxidation sites excluding steroid dienone is 2. The van der Waals surface area contributed by atoms with Gasteiger partial charge < -0.3 is 0 Å². The summed E-state index contributed by atoms with van der Waals surface area (Å²) < 4.78 is 0.611. The van der Waals surface area contributed by atoms with E-state index in [4.69, 9.17) is 0 Å². The van der Waals surface area contributed by atoms with E-state index in [1.165, 1.54) is 18.3 Å². The van der Waals surface area contributed by atoms with E-state index in [1.807, 2.05) is 0 Å². The first kappa shape index (κ1) is 8.31. The Morgan fingerprint density at radius 1 is 1.15 bits per heavy atom. The first-order valence-corrected chi connectivity index (χ1v) is 4.40. The summed E-state index contributed by atoms with van der Waals surface area (Å²) in [6, 6.07) is 1.64. The summed E-state index contributed by atoms with van der Waals surface area (Å²) in [5, 5.41) is 0. The Balaban J connectivity index is 2.76. The normalized spacial score (nSPS) is 14.5. The van der Waals surface area contributed by atoms with Crippen molar-refractivity contribution in [3.05, 3.63) is 40.1 Å². The van der Waals surface area contributed by atoms with Crippen LogP contribution in [0.25, 0.3) is 0 Å². The number of carbonyl (C=O) groups is 2. The number of nitrogens with zero attached hydrogens (tertiary/aromatic N) is 1.